The lowest BCUT2D eigenvalue weighted by Gasteiger charge is -2.32. The number of carbonyl (C=O) groups excluding carboxylic acids is 1. The molecule has 0 aliphatic carbocycles. The highest BCUT2D eigenvalue weighted by Gasteiger charge is 2.34. The van der Waals surface area contributed by atoms with E-state index in [-0.39, 0.29) is 18.3 Å². The van der Waals surface area contributed by atoms with Gasteiger partial charge >= 0.3 is 0 Å². The van der Waals surface area contributed by atoms with Crippen LogP contribution >= 0.6 is 0 Å². The topological polar surface area (TPSA) is 66.5 Å². The molecule has 122 valence electrons. The van der Waals surface area contributed by atoms with Gasteiger partial charge in [-0.05, 0) is 37.0 Å². The van der Waals surface area contributed by atoms with Crippen molar-refractivity contribution in [1.29, 1.82) is 0 Å². The molecule has 1 saturated heterocycles. The Morgan fingerprint density at radius 2 is 2.14 bits per heavy atom. The molecule has 1 aliphatic heterocycles. The number of nitrogens with zero attached hydrogens (tertiary/aromatic N) is 1. The Hall–Kier alpha value is -1.47. The zero-order valence-corrected chi connectivity index (χ0v) is 13.6. The van der Waals surface area contributed by atoms with Crippen molar-refractivity contribution >= 4 is 15.9 Å². The first-order valence-electron chi connectivity index (χ1n) is 7.28. The van der Waals surface area contributed by atoms with E-state index in [9.17, 15) is 17.6 Å². The zero-order chi connectivity index (χ0) is 16.3. The lowest BCUT2D eigenvalue weighted by Crippen LogP contribution is -2.51. The summed E-state index contributed by atoms with van der Waals surface area (Å²) >= 11 is 0. The predicted octanol–water partition coefficient (Wildman–Crippen LogP) is 1.56. The zero-order valence-electron chi connectivity index (χ0n) is 12.8. The maximum Gasteiger partial charge on any atom is 0.238 e. The molecule has 0 aromatic heterocycles. The van der Waals surface area contributed by atoms with Crippen LogP contribution in [0.4, 0.5) is 4.39 Å². The van der Waals surface area contributed by atoms with E-state index >= 15 is 0 Å². The number of hydrogen-bond acceptors (Lipinski definition) is 3. The fourth-order valence-electron chi connectivity index (χ4n) is 2.69. The van der Waals surface area contributed by atoms with Gasteiger partial charge in [0.1, 0.15) is 11.9 Å². The van der Waals surface area contributed by atoms with E-state index in [1.54, 1.807) is 19.1 Å². The molecule has 0 spiro atoms. The molecule has 2 rings (SSSR count). The van der Waals surface area contributed by atoms with Crippen LogP contribution in [-0.2, 0) is 21.4 Å². The number of nitrogens with one attached hydrogen (secondary N) is 1. The maximum atomic E-state index is 13.2. The summed E-state index contributed by atoms with van der Waals surface area (Å²) in [5.74, 6) is -0.585. The molecule has 22 heavy (non-hydrogen) atoms. The Labute approximate surface area is 130 Å². The molecule has 1 fully saturated rings. The Kier molecular flexibility index (Phi) is 5.18. The fraction of sp³-hybridized carbons (Fsp3) is 0.533. The molecule has 5 nitrogen and oxygen atoms in total. The van der Waals surface area contributed by atoms with Crippen LogP contribution in [0.25, 0.3) is 0 Å². The van der Waals surface area contributed by atoms with Crippen LogP contribution in [0, 0.1) is 12.7 Å². The van der Waals surface area contributed by atoms with Crippen LogP contribution in [0.5, 0.6) is 0 Å². The van der Waals surface area contributed by atoms with Crippen molar-refractivity contribution in [3.8, 4) is 0 Å². The van der Waals surface area contributed by atoms with Gasteiger partial charge in [-0.15, -0.1) is 0 Å². The summed E-state index contributed by atoms with van der Waals surface area (Å²) in [6.45, 7) is 2.30. The molecule has 1 aromatic carbocycles. The molecule has 0 bridgehead atoms. The molecule has 1 atom stereocenters. The Morgan fingerprint density at radius 1 is 1.41 bits per heavy atom. The van der Waals surface area contributed by atoms with Crippen molar-refractivity contribution in [2.75, 3.05) is 12.8 Å². The molecule has 1 aromatic rings. The van der Waals surface area contributed by atoms with Gasteiger partial charge in [0, 0.05) is 13.1 Å². The first-order valence-corrected chi connectivity index (χ1v) is 9.13. The Morgan fingerprint density at radius 3 is 2.77 bits per heavy atom. The number of piperidine rings is 1. The molecule has 0 saturated carbocycles. The van der Waals surface area contributed by atoms with Crippen LogP contribution in [0.2, 0.25) is 0 Å². The van der Waals surface area contributed by atoms with E-state index in [0.717, 1.165) is 24.7 Å². The lowest BCUT2D eigenvalue weighted by molar-refractivity contribution is -0.125. The van der Waals surface area contributed by atoms with E-state index in [4.69, 9.17) is 0 Å². The maximum absolute atomic E-state index is 13.2. The number of amides is 1. The van der Waals surface area contributed by atoms with Crippen LogP contribution < -0.4 is 5.32 Å². The van der Waals surface area contributed by atoms with Gasteiger partial charge in [-0.2, -0.15) is 4.31 Å². The van der Waals surface area contributed by atoms with E-state index in [1.807, 2.05) is 0 Å². The molecular weight excluding hydrogens is 307 g/mol. The van der Waals surface area contributed by atoms with Gasteiger partial charge in [0.05, 0.1) is 6.26 Å². The second kappa shape index (κ2) is 6.75. The number of hydrogen-bond donors (Lipinski definition) is 1. The van der Waals surface area contributed by atoms with Crippen molar-refractivity contribution < 1.29 is 17.6 Å². The molecule has 1 unspecified atom stereocenters. The highest BCUT2D eigenvalue weighted by atomic mass is 32.2. The average molecular weight is 328 g/mol. The Balaban J connectivity index is 2.02. The molecule has 1 heterocycles. The third kappa shape index (κ3) is 4.04. The van der Waals surface area contributed by atoms with Crippen molar-refractivity contribution in [2.45, 2.75) is 38.8 Å². The summed E-state index contributed by atoms with van der Waals surface area (Å²) in [4.78, 5) is 12.3. The van der Waals surface area contributed by atoms with E-state index in [0.29, 0.717) is 18.5 Å². The van der Waals surface area contributed by atoms with Gasteiger partial charge in [-0.1, -0.05) is 18.6 Å². The van der Waals surface area contributed by atoms with E-state index < -0.39 is 16.1 Å². The summed E-state index contributed by atoms with van der Waals surface area (Å²) in [6, 6.07) is 3.99. The minimum atomic E-state index is -3.39. The van der Waals surface area contributed by atoms with Crippen molar-refractivity contribution in [3.63, 3.8) is 0 Å². The first-order chi connectivity index (χ1) is 10.3. The number of sulfonamides is 1. The second-order valence-electron chi connectivity index (χ2n) is 5.69. The number of benzene rings is 1. The second-order valence-corrected chi connectivity index (χ2v) is 7.62. The number of carbonyl (C=O) groups is 1. The van der Waals surface area contributed by atoms with Gasteiger partial charge < -0.3 is 5.32 Å². The minimum absolute atomic E-state index is 0.258. The monoisotopic (exact) mass is 328 g/mol. The number of aryl methyl sites for hydroxylation is 1. The molecule has 0 radical (unpaired) electrons. The van der Waals surface area contributed by atoms with Gasteiger partial charge in [0.25, 0.3) is 0 Å². The third-order valence-corrected chi connectivity index (χ3v) is 5.16. The van der Waals surface area contributed by atoms with Crippen LogP contribution in [0.1, 0.15) is 30.4 Å². The van der Waals surface area contributed by atoms with Crippen molar-refractivity contribution in [3.05, 3.63) is 35.1 Å². The quantitative estimate of drug-likeness (QED) is 0.912. The van der Waals surface area contributed by atoms with Gasteiger partial charge in [-0.3, -0.25) is 4.79 Å². The highest BCUT2D eigenvalue weighted by molar-refractivity contribution is 7.88. The normalized spacial score (nSPS) is 19.9. The number of rotatable bonds is 4. The summed E-state index contributed by atoms with van der Waals surface area (Å²) in [6.07, 6.45) is 3.26. The molecule has 7 heteroatoms. The largest absolute Gasteiger partial charge is 0.351 e. The minimum Gasteiger partial charge on any atom is -0.351 e. The summed E-state index contributed by atoms with van der Waals surface area (Å²) in [5, 5.41) is 2.75. The Bertz CT molecular complexity index is 661. The predicted molar refractivity (Wildman–Crippen MR) is 82.2 cm³/mol. The van der Waals surface area contributed by atoms with Gasteiger partial charge in [-0.25, -0.2) is 12.8 Å². The average Bonchev–Trinajstić information content (AvgIpc) is 2.47. The highest BCUT2D eigenvalue weighted by Crippen LogP contribution is 2.20. The molecule has 1 aliphatic rings. The number of halogens is 1. The van der Waals surface area contributed by atoms with Crippen LogP contribution in [-0.4, -0.2) is 37.5 Å². The molecule has 1 amide bonds. The van der Waals surface area contributed by atoms with Crippen LogP contribution in [0.15, 0.2) is 18.2 Å². The standard InChI is InChI=1S/C15H21FN2O3S/c1-11-9-12(6-7-13(11)16)10-17-15(19)14-5-3-4-8-18(14)22(2,20)21/h6-7,9,14H,3-5,8,10H2,1-2H3,(H,17,19). The van der Waals surface area contributed by atoms with Crippen molar-refractivity contribution in [2.24, 2.45) is 0 Å². The van der Waals surface area contributed by atoms with Crippen LogP contribution in [0.3, 0.4) is 0 Å². The van der Waals surface area contributed by atoms with Gasteiger partial charge in [0.2, 0.25) is 15.9 Å². The van der Waals surface area contributed by atoms with E-state index in [1.165, 1.54) is 10.4 Å². The van der Waals surface area contributed by atoms with E-state index in [2.05, 4.69) is 5.32 Å². The summed E-state index contributed by atoms with van der Waals surface area (Å²) < 4.78 is 38.0. The first kappa shape index (κ1) is 16.9. The lowest BCUT2D eigenvalue weighted by atomic mass is 10.0. The van der Waals surface area contributed by atoms with Crippen molar-refractivity contribution in [1.82, 2.24) is 9.62 Å². The van der Waals surface area contributed by atoms with Gasteiger partial charge in [0.15, 0.2) is 0 Å². The third-order valence-electron chi connectivity index (χ3n) is 3.87. The molecule has 1 N–H and O–H groups in total. The smallest absolute Gasteiger partial charge is 0.238 e. The summed E-state index contributed by atoms with van der Waals surface area (Å²) in [7, 11) is -3.39. The molecular formula is C15H21FN2O3S. The summed E-state index contributed by atoms with van der Waals surface area (Å²) in [5.41, 5.74) is 1.30. The SMILES string of the molecule is Cc1cc(CNC(=O)C2CCCCN2S(C)(=O)=O)ccc1F. The fourth-order valence-corrected chi connectivity index (χ4v) is 3.81.